The van der Waals surface area contributed by atoms with Gasteiger partial charge in [-0.2, -0.15) is 4.31 Å². The maximum atomic E-state index is 12.8. The maximum absolute atomic E-state index is 12.8. The summed E-state index contributed by atoms with van der Waals surface area (Å²) in [7, 11) is -1.98. The van der Waals surface area contributed by atoms with E-state index in [2.05, 4.69) is 0 Å². The largest absolute Gasteiger partial charge is 0.497 e. The van der Waals surface area contributed by atoms with Gasteiger partial charge in [0.15, 0.2) is 0 Å². The number of carbonyl (C=O) groups is 1. The van der Waals surface area contributed by atoms with Crippen molar-refractivity contribution in [3.8, 4) is 5.75 Å². The summed E-state index contributed by atoms with van der Waals surface area (Å²) in [6.07, 6.45) is 3.75. The fraction of sp³-hybridized carbons (Fsp3) is 0.588. The molecule has 24 heavy (non-hydrogen) atoms. The van der Waals surface area contributed by atoms with Gasteiger partial charge in [-0.05, 0) is 43.5 Å². The summed E-state index contributed by atoms with van der Waals surface area (Å²) < 4.78 is 32.2. The summed E-state index contributed by atoms with van der Waals surface area (Å²) >= 11 is 0. The fourth-order valence-corrected chi connectivity index (χ4v) is 4.63. The smallest absolute Gasteiger partial charge is 0.243 e. The number of nitrogens with zero attached hydrogens (tertiary/aromatic N) is 2. The summed E-state index contributed by atoms with van der Waals surface area (Å²) in [5, 5.41) is 0. The van der Waals surface area contributed by atoms with Crippen LogP contribution in [0, 0.1) is 5.92 Å². The number of sulfonamides is 1. The van der Waals surface area contributed by atoms with Crippen LogP contribution in [0.3, 0.4) is 0 Å². The van der Waals surface area contributed by atoms with Crippen LogP contribution in [0.5, 0.6) is 5.75 Å². The highest BCUT2D eigenvalue weighted by molar-refractivity contribution is 7.89. The van der Waals surface area contributed by atoms with E-state index >= 15 is 0 Å². The first kappa shape index (κ1) is 17.2. The number of ether oxygens (including phenoxy) is 1. The Morgan fingerprint density at radius 3 is 2.33 bits per heavy atom. The van der Waals surface area contributed by atoms with E-state index in [1.807, 2.05) is 4.90 Å². The van der Waals surface area contributed by atoms with E-state index in [1.54, 1.807) is 31.4 Å². The summed E-state index contributed by atoms with van der Waals surface area (Å²) in [5.74, 6) is 0.988. The second-order valence-electron chi connectivity index (χ2n) is 6.39. The average Bonchev–Trinajstić information content (AvgIpc) is 2.80. The monoisotopic (exact) mass is 352 g/mol. The summed E-state index contributed by atoms with van der Waals surface area (Å²) in [5.41, 5.74) is 0. The Kier molecular flexibility index (Phi) is 5.10. The zero-order valence-electron chi connectivity index (χ0n) is 14.0. The third-order valence-corrected chi connectivity index (χ3v) is 6.83. The van der Waals surface area contributed by atoms with Crippen LogP contribution in [0.1, 0.15) is 25.7 Å². The van der Waals surface area contributed by atoms with Crippen molar-refractivity contribution in [2.45, 2.75) is 30.6 Å². The fourth-order valence-electron chi connectivity index (χ4n) is 3.16. The van der Waals surface area contributed by atoms with Gasteiger partial charge in [0.2, 0.25) is 15.9 Å². The molecule has 1 aliphatic carbocycles. The number of carbonyl (C=O) groups excluding carboxylic acids is 1. The molecule has 132 valence electrons. The molecule has 0 atom stereocenters. The minimum Gasteiger partial charge on any atom is -0.497 e. The number of hydrogen-bond donors (Lipinski definition) is 0. The summed E-state index contributed by atoms with van der Waals surface area (Å²) in [6, 6.07) is 6.43. The van der Waals surface area contributed by atoms with Crippen molar-refractivity contribution in [3.63, 3.8) is 0 Å². The van der Waals surface area contributed by atoms with E-state index in [-0.39, 0.29) is 16.7 Å². The average molecular weight is 352 g/mol. The first-order valence-electron chi connectivity index (χ1n) is 8.45. The third kappa shape index (κ3) is 3.42. The predicted molar refractivity (Wildman–Crippen MR) is 90.3 cm³/mol. The summed E-state index contributed by atoms with van der Waals surface area (Å²) in [4.78, 5) is 14.5. The first-order valence-corrected chi connectivity index (χ1v) is 9.89. The van der Waals surface area contributed by atoms with Gasteiger partial charge >= 0.3 is 0 Å². The van der Waals surface area contributed by atoms with Crippen molar-refractivity contribution in [2.24, 2.45) is 5.92 Å². The van der Waals surface area contributed by atoms with Crippen LogP contribution in [-0.4, -0.2) is 56.8 Å². The molecule has 0 bridgehead atoms. The molecule has 3 rings (SSSR count). The highest BCUT2D eigenvalue weighted by Crippen LogP contribution is 2.29. The molecule has 0 aromatic heterocycles. The van der Waals surface area contributed by atoms with Gasteiger partial charge in [-0.1, -0.05) is 6.42 Å². The van der Waals surface area contributed by atoms with Crippen LogP contribution in [0.4, 0.5) is 0 Å². The quantitative estimate of drug-likeness (QED) is 0.827. The Bertz CT molecular complexity index is 683. The van der Waals surface area contributed by atoms with Gasteiger partial charge in [0.25, 0.3) is 0 Å². The molecular weight excluding hydrogens is 328 g/mol. The van der Waals surface area contributed by atoms with Gasteiger partial charge in [-0.15, -0.1) is 0 Å². The topological polar surface area (TPSA) is 66.9 Å². The number of rotatable bonds is 4. The lowest BCUT2D eigenvalue weighted by atomic mass is 9.84. The van der Waals surface area contributed by atoms with Crippen molar-refractivity contribution in [3.05, 3.63) is 24.3 Å². The molecule has 1 heterocycles. The molecule has 1 amide bonds. The number of methoxy groups -OCH3 is 1. The molecule has 2 aliphatic rings. The number of benzene rings is 1. The van der Waals surface area contributed by atoms with Gasteiger partial charge in [0.05, 0.1) is 12.0 Å². The van der Waals surface area contributed by atoms with E-state index < -0.39 is 10.0 Å². The van der Waals surface area contributed by atoms with Crippen LogP contribution < -0.4 is 4.74 Å². The second kappa shape index (κ2) is 7.11. The van der Waals surface area contributed by atoms with Crippen molar-refractivity contribution in [1.82, 2.24) is 9.21 Å². The van der Waals surface area contributed by atoms with E-state index in [0.29, 0.717) is 38.3 Å². The van der Waals surface area contributed by atoms with Crippen LogP contribution >= 0.6 is 0 Å². The van der Waals surface area contributed by atoms with Crippen LogP contribution in [0.2, 0.25) is 0 Å². The van der Waals surface area contributed by atoms with Gasteiger partial charge < -0.3 is 9.64 Å². The Morgan fingerprint density at radius 2 is 1.75 bits per heavy atom. The molecule has 6 nitrogen and oxygen atoms in total. The molecule has 0 radical (unpaired) electrons. The summed E-state index contributed by atoms with van der Waals surface area (Å²) in [6.45, 7) is 1.92. The van der Waals surface area contributed by atoms with Crippen LogP contribution in [0.25, 0.3) is 0 Å². The van der Waals surface area contributed by atoms with Crippen LogP contribution in [-0.2, 0) is 14.8 Å². The van der Waals surface area contributed by atoms with Crippen molar-refractivity contribution < 1.29 is 17.9 Å². The number of hydrogen-bond acceptors (Lipinski definition) is 4. The van der Waals surface area contributed by atoms with E-state index in [4.69, 9.17) is 4.74 Å². The lowest BCUT2D eigenvalue weighted by molar-refractivity contribution is -0.138. The minimum atomic E-state index is -3.53. The lowest BCUT2D eigenvalue weighted by Gasteiger charge is -2.31. The van der Waals surface area contributed by atoms with Crippen LogP contribution in [0.15, 0.2) is 29.2 Å². The zero-order valence-corrected chi connectivity index (χ0v) is 14.8. The Morgan fingerprint density at radius 1 is 1.04 bits per heavy atom. The molecule has 1 aromatic rings. The van der Waals surface area contributed by atoms with Crippen molar-refractivity contribution in [1.29, 1.82) is 0 Å². The van der Waals surface area contributed by atoms with Gasteiger partial charge in [-0.25, -0.2) is 8.42 Å². The van der Waals surface area contributed by atoms with E-state index in [0.717, 1.165) is 19.3 Å². The molecule has 1 saturated carbocycles. The maximum Gasteiger partial charge on any atom is 0.243 e. The van der Waals surface area contributed by atoms with Crippen molar-refractivity contribution in [2.75, 3.05) is 33.3 Å². The highest BCUT2D eigenvalue weighted by Gasteiger charge is 2.32. The minimum absolute atomic E-state index is 0.162. The van der Waals surface area contributed by atoms with Gasteiger partial charge in [0.1, 0.15) is 5.75 Å². The molecule has 1 aromatic carbocycles. The van der Waals surface area contributed by atoms with E-state index in [9.17, 15) is 13.2 Å². The molecule has 0 unspecified atom stereocenters. The number of amides is 1. The third-order valence-electron chi connectivity index (χ3n) is 4.92. The van der Waals surface area contributed by atoms with Gasteiger partial charge in [0, 0.05) is 32.1 Å². The lowest BCUT2D eigenvalue weighted by Crippen LogP contribution is -2.41. The molecule has 7 heteroatoms. The molecule has 2 fully saturated rings. The predicted octanol–water partition coefficient (Wildman–Crippen LogP) is 1.72. The standard InChI is InChI=1S/C17H24N2O4S/c1-23-15-6-8-16(9-7-15)24(21,22)19-11-3-10-18(12-13-19)17(20)14-4-2-5-14/h6-9,14H,2-5,10-13H2,1H3. The second-order valence-corrected chi connectivity index (χ2v) is 8.32. The highest BCUT2D eigenvalue weighted by atomic mass is 32.2. The Hall–Kier alpha value is -1.60. The Labute approximate surface area is 143 Å². The molecule has 0 spiro atoms. The normalized spacial score (nSPS) is 20.3. The molecule has 1 saturated heterocycles. The molecule has 0 N–H and O–H groups in total. The first-order chi connectivity index (χ1) is 11.5. The molecule has 1 aliphatic heterocycles. The van der Waals surface area contributed by atoms with E-state index in [1.165, 1.54) is 4.31 Å². The molecular formula is C17H24N2O4S. The van der Waals surface area contributed by atoms with Gasteiger partial charge in [-0.3, -0.25) is 4.79 Å². The Balaban J connectivity index is 1.68. The SMILES string of the molecule is COc1ccc(S(=O)(=O)N2CCCN(C(=O)C3CCC3)CC2)cc1. The van der Waals surface area contributed by atoms with Crippen molar-refractivity contribution >= 4 is 15.9 Å². The zero-order chi connectivity index (χ0) is 17.2.